The zero-order valence-electron chi connectivity index (χ0n) is 10.8. The van der Waals surface area contributed by atoms with Gasteiger partial charge >= 0.3 is 5.97 Å². The van der Waals surface area contributed by atoms with Crippen molar-refractivity contribution < 1.29 is 14.3 Å². The quantitative estimate of drug-likeness (QED) is 0.546. The number of hydrogen-bond donors (Lipinski definition) is 0. The van der Waals surface area contributed by atoms with Crippen LogP contribution in [0, 0.1) is 0 Å². The molecule has 0 aliphatic rings. The van der Waals surface area contributed by atoms with E-state index in [0.717, 1.165) is 18.8 Å². The summed E-state index contributed by atoms with van der Waals surface area (Å²) in [5.74, 6) is 1.29. The Kier molecular flexibility index (Phi) is 7.45. The first-order valence-corrected chi connectivity index (χ1v) is 6.94. The second-order valence-electron chi connectivity index (χ2n) is 3.72. The molecule has 0 saturated heterocycles. The summed E-state index contributed by atoms with van der Waals surface area (Å²) in [5, 5.41) is 0. The summed E-state index contributed by atoms with van der Waals surface area (Å²) >= 11 is 11.5. The van der Waals surface area contributed by atoms with Gasteiger partial charge in [-0.1, -0.05) is 0 Å². The lowest BCUT2D eigenvalue weighted by atomic mass is 10.2. The topological polar surface area (TPSA) is 38.8 Å². The van der Waals surface area contributed by atoms with Crippen LogP contribution in [0.2, 0.25) is 0 Å². The summed E-state index contributed by atoms with van der Waals surface area (Å²) in [4.78, 5) is 13.0. The predicted octanol–water partition coefficient (Wildman–Crippen LogP) is 2.52. The summed E-state index contributed by atoms with van der Waals surface area (Å²) in [5.41, 5.74) is 1.02. The number of rotatable bonds is 8. The lowest BCUT2D eigenvalue weighted by Crippen LogP contribution is -2.27. The average molecular weight is 306 g/mol. The second kappa shape index (κ2) is 8.88. The zero-order chi connectivity index (χ0) is 14.1. The van der Waals surface area contributed by atoms with Gasteiger partial charge in [-0.2, -0.15) is 0 Å². The first kappa shape index (κ1) is 15.9. The highest BCUT2D eigenvalue weighted by molar-refractivity contribution is 6.18. The second-order valence-corrected chi connectivity index (χ2v) is 4.48. The minimum absolute atomic E-state index is 0.0943. The Labute approximate surface area is 123 Å². The lowest BCUT2D eigenvalue weighted by Gasteiger charge is -2.22. The highest BCUT2D eigenvalue weighted by Crippen LogP contribution is 2.19. The normalized spacial score (nSPS) is 10.1. The number of hydrogen-bond acceptors (Lipinski definition) is 4. The van der Waals surface area contributed by atoms with Crippen molar-refractivity contribution in [3.05, 3.63) is 24.3 Å². The number of methoxy groups -OCH3 is 1. The molecular weight excluding hydrogens is 289 g/mol. The van der Waals surface area contributed by atoms with Gasteiger partial charge in [0.2, 0.25) is 0 Å². The molecule has 1 rings (SSSR count). The summed E-state index contributed by atoms with van der Waals surface area (Å²) in [6.07, 6.45) is 0. The van der Waals surface area contributed by atoms with Crippen molar-refractivity contribution in [2.75, 3.05) is 43.5 Å². The largest absolute Gasteiger partial charge is 0.482 e. The number of carbonyl (C=O) groups excluding carboxylic acids is 1. The third-order valence-electron chi connectivity index (χ3n) is 2.50. The molecule has 0 bridgehead atoms. The van der Waals surface area contributed by atoms with Crippen LogP contribution in [0.3, 0.4) is 0 Å². The Hall–Kier alpha value is -1.13. The van der Waals surface area contributed by atoms with E-state index in [-0.39, 0.29) is 6.61 Å². The molecule has 0 unspecified atom stereocenters. The van der Waals surface area contributed by atoms with Gasteiger partial charge in [0.15, 0.2) is 6.61 Å². The molecule has 0 heterocycles. The van der Waals surface area contributed by atoms with Crippen molar-refractivity contribution in [3.8, 4) is 5.75 Å². The Balaban J connectivity index is 2.60. The molecule has 0 fully saturated rings. The van der Waals surface area contributed by atoms with Crippen LogP contribution in [-0.4, -0.2) is 44.5 Å². The molecule has 0 aliphatic heterocycles. The number of carbonyl (C=O) groups is 1. The smallest absolute Gasteiger partial charge is 0.343 e. The SMILES string of the molecule is COC(=O)COc1ccc(N(CCCl)CCCl)cc1. The van der Waals surface area contributed by atoms with Crippen molar-refractivity contribution in [3.63, 3.8) is 0 Å². The van der Waals surface area contributed by atoms with Crippen LogP contribution in [0.15, 0.2) is 24.3 Å². The number of ether oxygens (including phenoxy) is 2. The molecule has 1 aromatic carbocycles. The maximum atomic E-state index is 10.9. The molecule has 0 atom stereocenters. The fraction of sp³-hybridized carbons (Fsp3) is 0.462. The average Bonchev–Trinajstić information content (AvgIpc) is 2.45. The third kappa shape index (κ3) is 5.57. The van der Waals surface area contributed by atoms with Gasteiger partial charge in [-0.05, 0) is 24.3 Å². The minimum Gasteiger partial charge on any atom is -0.482 e. The van der Waals surface area contributed by atoms with Crippen LogP contribution in [0.1, 0.15) is 0 Å². The zero-order valence-corrected chi connectivity index (χ0v) is 12.3. The van der Waals surface area contributed by atoms with Gasteiger partial charge in [0, 0.05) is 30.5 Å². The molecule has 0 amide bonds. The molecule has 4 nitrogen and oxygen atoms in total. The van der Waals surface area contributed by atoms with Crippen LogP contribution in [0.5, 0.6) is 5.75 Å². The van der Waals surface area contributed by atoms with Crippen molar-refractivity contribution in [2.24, 2.45) is 0 Å². The van der Waals surface area contributed by atoms with Gasteiger partial charge in [0.25, 0.3) is 0 Å². The molecule has 1 aromatic rings. The fourth-order valence-corrected chi connectivity index (χ4v) is 1.94. The van der Waals surface area contributed by atoms with Crippen molar-refractivity contribution in [2.45, 2.75) is 0 Å². The molecule has 0 radical (unpaired) electrons. The monoisotopic (exact) mass is 305 g/mol. The van der Waals surface area contributed by atoms with E-state index in [1.807, 2.05) is 12.1 Å². The molecule has 106 valence electrons. The van der Waals surface area contributed by atoms with E-state index in [1.54, 1.807) is 12.1 Å². The molecular formula is C13H17Cl2NO3. The number of alkyl halides is 2. The van der Waals surface area contributed by atoms with Crippen LogP contribution in [0.4, 0.5) is 5.69 Å². The van der Waals surface area contributed by atoms with Crippen molar-refractivity contribution >= 4 is 34.9 Å². The molecule has 0 aliphatic carbocycles. The van der Waals surface area contributed by atoms with Crippen LogP contribution < -0.4 is 9.64 Å². The number of anilines is 1. The fourth-order valence-electron chi connectivity index (χ4n) is 1.53. The number of benzene rings is 1. The Bertz CT molecular complexity index is 378. The van der Waals surface area contributed by atoms with E-state index in [1.165, 1.54) is 7.11 Å². The van der Waals surface area contributed by atoms with Crippen molar-refractivity contribution in [1.29, 1.82) is 0 Å². The number of esters is 1. The molecule has 0 spiro atoms. The van der Waals surface area contributed by atoms with Crippen LogP contribution in [0.25, 0.3) is 0 Å². The van der Waals surface area contributed by atoms with E-state index < -0.39 is 5.97 Å². The summed E-state index contributed by atoms with van der Waals surface area (Å²) in [6.45, 7) is 1.37. The first-order chi connectivity index (χ1) is 9.21. The highest BCUT2D eigenvalue weighted by Gasteiger charge is 2.06. The first-order valence-electron chi connectivity index (χ1n) is 5.87. The van der Waals surface area contributed by atoms with Gasteiger partial charge in [-0.15, -0.1) is 23.2 Å². The standard InChI is InChI=1S/C13H17Cl2NO3/c1-18-13(17)10-19-12-4-2-11(3-5-12)16(8-6-14)9-7-15/h2-5H,6-10H2,1H3. The van der Waals surface area contributed by atoms with E-state index in [4.69, 9.17) is 27.9 Å². The van der Waals surface area contributed by atoms with Crippen LogP contribution >= 0.6 is 23.2 Å². The lowest BCUT2D eigenvalue weighted by molar-refractivity contribution is -0.142. The maximum Gasteiger partial charge on any atom is 0.343 e. The number of nitrogens with zero attached hydrogens (tertiary/aromatic N) is 1. The Morgan fingerprint density at radius 3 is 2.21 bits per heavy atom. The molecule has 6 heteroatoms. The minimum atomic E-state index is -0.407. The van der Waals surface area contributed by atoms with Crippen molar-refractivity contribution in [1.82, 2.24) is 0 Å². The van der Waals surface area contributed by atoms with Gasteiger partial charge in [0.05, 0.1) is 7.11 Å². The van der Waals surface area contributed by atoms with Crippen LogP contribution in [-0.2, 0) is 9.53 Å². The predicted molar refractivity (Wildman–Crippen MR) is 77.6 cm³/mol. The third-order valence-corrected chi connectivity index (χ3v) is 2.83. The molecule has 0 N–H and O–H groups in total. The maximum absolute atomic E-state index is 10.9. The van der Waals surface area contributed by atoms with Gasteiger partial charge in [-0.3, -0.25) is 0 Å². The molecule has 0 saturated carbocycles. The van der Waals surface area contributed by atoms with E-state index in [9.17, 15) is 4.79 Å². The number of halogens is 2. The van der Waals surface area contributed by atoms with E-state index in [0.29, 0.717) is 17.5 Å². The highest BCUT2D eigenvalue weighted by atomic mass is 35.5. The summed E-state index contributed by atoms with van der Waals surface area (Å²) < 4.78 is 9.76. The van der Waals surface area contributed by atoms with Gasteiger partial charge in [0.1, 0.15) is 5.75 Å². The molecule has 0 aromatic heterocycles. The van der Waals surface area contributed by atoms with E-state index in [2.05, 4.69) is 9.64 Å². The summed E-state index contributed by atoms with van der Waals surface area (Å²) in [6, 6.07) is 7.42. The Morgan fingerprint density at radius 2 is 1.74 bits per heavy atom. The molecule has 19 heavy (non-hydrogen) atoms. The summed E-state index contributed by atoms with van der Waals surface area (Å²) in [7, 11) is 1.32. The van der Waals surface area contributed by atoms with Gasteiger partial charge in [-0.25, -0.2) is 4.79 Å². The van der Waals surface area contributed by atoms with E-state index >= 15 is 0 Å². The Morgan fingerprint density at radius 1 is 1.16 bits per heavy atom. The van der Waals surface area contributed by atoms with Gasteiger partial charge < -0.3 is 14.4 Å².